The third-order valence-corrected chi connectivity index (χ3v) is 5.84. The number of halogens is 3. The molecule has 1 aromatic carbocycles. The van der Waals surface area contributed by atoms with Crippen LogP contribution in [0.2, 0.25) is 0 Å². The maximum absolute atomic E-state index is 13.2. The van der Waals surface area contributed by atoms with Gasteiger partial charge in [0.1, 0.15) is 4.83 Å². The second kappa shape index (κ2) is 7.28. The molecule has 0 radical (unpaired) electrons. The molecule has 4 rings (SSSR count). The van der Waals surface area contributed by atoms with Crippen molar-refractivity contribution in [2.45, 2.75) is 26.6 Å². The Kier molecular flexibility index (Phi) is 4.89. The van der Waals surface area contributed by atoms with Gasteiger partial charge in [-0.15, -0.1) is 11.3 Å². The van der Waals surface area contributed by atoms with Crippen LogP contribution in [-0.2, 0) is 19.8 Å². The molecule has 0 aliphatic carbocycles. The molecule has 156 valence electrons. The monoisotopic (exact) mass is 433 g/mol. The van der Waals surface area contributed by atoms with Crippen LogP contribution in [0.5, 0.6) is 0 Å². The molecule has 1 amide bonds. The molecule has 0 saturated heterocycles. The molecule has 10 heteroatoms. The Balaban J connectivity index is 1.56. The Labute approximate surface area is 173 Å². The number of thiophene rings is 1. The molecule has 0 saturated carbocycles. The quantitative estimate of drug-likeness (QED) is 0.504. The highest BCUT2D eigenvalue weighted by Crippen LogP contribution is 2.37. The molecular weight excluding hydrogens is 415 g/mol. The summed E-state index contributed by atoms with van der Waals surface area (Å²) < 4.78 is 42.4. The minimum Gasteiger partial charge on any atom is -0.304 e. The molecule has 0 fully saturated rings. The molecule has 4 aromatic rings. The number of rotatable bonds is 4. The predicted molar refractivity (Wildman–Crippen MR) is 109 cm³/mol. The van der Waals surface area contributed by atoms with Crippen molar-refractivity contribution in [2.75, 3.05) is 5.32 Å². The van der Waals surface area contributed by atoms with Gasteiger partial charge < -0.3 is 5.32 Å². The Morgan fingerprint density at radius 3 is 2.63 bits per heavy atom. The molecule has 0 aliphatic heterocycles. The van der Waals surface area contributed by atoms with Gasteiger partial charge in [-0.3, -0.25) is 14.2 Å². The number of hydrogen-bond acceptors (Lipinski definition) is 4. The summed E-state index contributed by atoms with van der Waals surface area (Å²) in [5.74, 6) is -0.165. The summed E-state index contributed by atoms with van der Waals surface area (Å²) in [7, 11) is 1.42. The van der Waals surface area contributed by atoms with Crippen LogP contribution in [0.25, 0.3) is 10.2 Å². The van der Waals surface area contributed by atoms with E-state index in [2.05, 4.69) is 21.6 Å². The van der Waals surface area contributed by atoms with Gasteiger partial charge >= 0.3 is 6.18 Å². The van der Waals surface area contributed by atoms with Gasteiger partial charge in [0, 0.05) is 24.2 Å². The van der Waals surface area contributed by atoms with Crippen LogP contribution in [0.4, 0.5) is 19.0 Å². The van der Waals surface area contributed by atoms with Gasteiger partial charge in [0.15, 0.2) is 11.5 Å². The fourth-order valence-corrected chi connectivity index (χ4v) is 4.22. The molecule has 0 aliphatic rings. The van der Waals surface area contributed by atoms with Gasteiger partial charge in [0.2, 0.25) is 0 Å². The average Bonchev–Trinajstić information content (AvgIpc) is 3.30. The van der Waals surface area contributed by atoms with Gasteiger partial charge in [-0.25, -0.2) is 0 Å². The lowest BCUT2D eigenvalue weighted by atomic mass is 10.1. The summed E-state index contributed by atoms with van der Waals surface area (Å²) in [5, 5.41) is 10.5. The first-order valence-electron chi connectivity index (χ1n) is 9.07. The number of carbonyl (C=O) groups is 1. The van der Waals surface area contributed by atoms with E-state index < -0.39 is 17.8 Å². The highest BCUT2D eigenvalue weighted by Gasteiger charge is 2.37. The standard InChI is InChI=1S/C20H18F3N5OS/c1-11-5-4-6-13(7-11)10-28-12(2)8-16(25-28)24-18(29)15-9-14-17(20(21,22)23)26-27(3)19(14)30-15/h4-9H,10H2,1-3H3,(H,24,25,29). The van der Waals surface area contributed by atoms with Crippen molar-refractivity contribution in [2.24, 2.45) is 7.05 Å². The van der Waals surface area contributed by atoms with Gasteiger partial charge in [-0.2, -0.15) is 23.4 Å². The van der Waals surface area contributed by atoms with Gasteiger partial charge in [-0.05, 0) is 25.5 Å². The third kappa shape index (κ3) is 3.82. The molecule has 3 heterocycles. The maximum atomic E-state index is 13.2. The van der Waals surface area contributed by atoms with Crippen LogP contribution in [-0.4, -0.2) is 25.5 Å². The third-order valence-electron chi connectivity index (χ3n) is 4.64. The molecule has 0 atom stereocenters. The topological polar surface area (TPSA) is 64.7 Å². The lowest BCUT2D eigenvalue weighted by Crippen LogP contribution is -2.12. The zero-order chi connectivity index (χ0) is 21.6. The number of benzene rings is 1. The molecule has 1 N–H and O–H groups in total. The summed E-state index contributed by atoms with van der Waals surface area (Å²) >= 11 is 0.957. The summed E-state index contributed by atoms with van der Waals surface area (Å²) in [4.78, 5) is 13.1. The van der Waals surface area contributed by atoms with Crippen molar-refractivity contribution >= 4 is 33.3 Å². The van der Waals surface area contributed by atoms with Crippen LogP contribution in [0.15, 0.2) is 36.4 Å². The second-order valence-electron chi connectivity index (χ2n) is 7.07. The number of fused-ring (bicyclic) bond motifs is 1. The number of nitrogens with one attached hydrogen (secondary N) is 1. The zero-order valence-electron chi connectivity index (χ0n) is 16.4. The summed E-state index contributed by atoms with van der Waals surface area (Å²) in [5.41, 5.74) is 2.08. The number of carbonyl (C=O) groups excluding carboxylic acids is 1. The molecule has 3 aromatic heterocycles. The molecule has 6 nitrogen and oxygen atoms in total. The molecular formula is C20H18F3N5OS. The summed E-state index contributed by atoms with van der Waals surface area (Å²) in [6.07, 6.45) is -4.58. The Hall–Kier alpha value is -3.14. The van der Waals surface area contributed by atoms with E-state index in [9.17, 15) is 18.0 Å². The second-order valence-corrected chi connectivity index (χ2v) is 8.10. The molecule has 0 bridgehead atoms. The lowest BCUT2D eigenvalue weighted by Gasteiger charge is -2.05. The first-order valence-corrected chi connectivity index (χ1v) is 9.88. The number of alkyl halides is 3. The fraction of sp³-hybridized carbons (Fsp3) is 0.250. The van der Waals surface area contributed by atoms with Crippen LogP contribution in [0.3, 0.4) is 0 Å². The highest BCUT2D eigenvalue weighted by atomic mass is 32.1. The van der Waals surface area contributed by atoms with E-state index in [0.717, 1.165) is 32.8 Å². The van der Waals surface area contributed by atoms with Crippen LogP contribution >= 0.6 is 11.3 Å². The van der Waals surface area contributed by atoms with E-state index in [1.54, 1.807) is 10.7 Å². The molecule has 0 spiro atoms. The molecule has 0 unspecified atom stereocenters. The van der Waals surface area contributed by atoms with Crippen molar-refractivity contribution < 1.29 is 18.0 Å². The predicted octanol–water partition coefficient (Wildman–Crippen LogP) is 4.77. The van der Waals surface area contributed by atoms with Crippen molar-refractivity contribution in [3.05, 3.63) is 63.8 Å². The summed E-state index contributed by atoms with van der Waals surface area (Å²) in [6, 6.07) is 11.0. The molecule has 30 heavy (non-hydrogen) atoms. The Morgan fingerprint density at radius 1 is 1.17 bits per heavy atom. The van der Waals surface area contributed by atoms with Crippen LogP contribution in [0, 0.1) is 13.8 Å². The lowest BCUT2D eigenvalue weighted by molar-refractivity contribution is -0.140. The number of amides is 1. The van der Waals surface area contributed by atoms with Gasteiger partial charge in [0.05, 0.1) is 11.4 Å². The Morgan fingerprint density at radius 2 is 1.93 bits per heavy atom. The van der Waals surface area contributed by atoms with Crippen molar-refractivity contribution in [3.63, 3.8) is 0 Å². The van der Waals surface area contributed by atoms with Crippen molar-refractivity contribution in [1.29, 1.82) is 0 Å². The number of aryl methyl sites for hydroxylation is 3. The minimum absolute atomic E-state index is 0.0821. The number of hydrogen-bond donors (Lipinski definition) is 1. The van der Waals surface area contributed by atoms with Gasteiger partial charge in [0.25, 0.3) is 5.91 Å². The maximum Gasteiger partial charge on any atom is 0.435 e. The van der Waals surface area contributed by atoms with E-state index in [4.69, 9.17) is 0 Å². The van der Waals surface area contributed by atoms with E-state index >= 15 is 0 Å². The highest BCUT2D eigenvalue weighted by molar-refractivity contribution is 7.20. The smallest absolute Gasteiger partial charge is 0.304 e. The van der Waals surface area contributed by atoms with Crippen molar-refractivity contribution in [3.8, 4) is 0 Å². The summed E-state index contributed by atoms with van der Waals surface area (Å²) in [6.45, 7) is 4.43. The number of nitrogens with zero attached hydrogens (tertiary/aromatic N) is 4. The minimum atomic E-state index is -4.58. The fourth-order valence-electron chi connectivity index (χ4n) is 3.25. The van der Waals surface area contributed by atoms with Crippen LogP contribution < -0.4 is 5.32 Å². The first kappa shape index (κ1) is 20.1. The van der Waals surface area contributed by atoms with E-state index in [0.29, 0.717) is 12.4 Å². The van der Waals surface area contributed by atoms with E-state index in [1.165, 1.54) is 13.1 Å². The van der Waals surface area contributed by atoms with Crippen LogP contribution in [0.1, 0.15) is 32.2 Å². The van der Waals surface area contributed by atoms with E-state index in [-0.39, 0.29) is 15.1 Å². The van der Waals surface area contributed by atoms with Crippen molar-refractivity contribution in [1.82, 2.24) is 19.6 Å². The average molecular weight is 433 g/mol. The van der Waals surface area contributed by atoms with Gasteiger partial charge in [-0.1, -0.05) is 29.8 Å². The van der Waals surface area contributed by atoms with E-state index in [1.807, 2.05) is 32.0 Å². The number of aromatic nitrogens is 4. The number of anilines is 1. The zero-order valence-corrected chi connectivity index (χ0v) is 17.2. The largest absolute Gasteiger partial charge is 0.435 e. The first-order chi connectivity index (χ1) is 14.1. The normalized spacial score (nSPS) is 11.9. The Bertz CT molecular complexity index is 1250. The SMILES string of the molecule is Cc1cccc(Cn2nc(NC(=O)c3cc4c(C(F)(F)F)nn(C)c4s3)cc2C)c1.